The van der Waals surface area contributed by atoms with Gasteiger partial charge in [0, 0.05) is 11.8 Å². The van der Waals surface area contributed by atoms with Gasteiger partial charge in [-0.2, -0.15) is 0 Å². The predicted octanol–water partition coefficient (Wildman–Crippen LogP) is 5.73. The Morgan fingerprint density at radius 1 is 0.865 bits per heavy atom. The zero-order valence-corrected chi connectivity index (χ0v) is 22.1. The smallest absolute Gasteiger partial charge is 0.347 e. The normalized spacial score (nSPS) is 23.2. The van der Waals surface area contributed by atoms with Gasteiger partial charge in [0.2, 0.25) is 5.60 Å². The highest BCUT2D eigenvalue weighted by Crippen LogP contribution is 2.50. The molecule has 5 rings (SSSR count). The third-order valence-electron chi connectivity index (χ3n) is 8.84. The van der Waals surface area contributed by atoms with E-state index in [-0.39, 0.29) is 6.10 Å². The summed E-state index contributed by atoms with van der Waals surface area (Å²) in [5.41, 5.74) is 0.674. The summed E-state index contributed by atoms with van der Waals surface area (Å²) in [6, 6.07) is 29.6. The van der Waals surface area contributed by atoms with Crippen LogP contribution in [0.25, 0.3) is 0 Å². The van der Waals surface area contributed by atoms with Crippen LogP contribution in [0.2, 0.25) is 0 Å². The summed E-state index contributed by atoms with van der Waals surface area (Å²) in [4.78, 5) is 13.7. The van der Waals surface area contributed by atoms with Crippen LogP contribution in [0.15, 0.2) is 91.0 Å². The monoisotopic (exact) mass is 498 g/mol. The van der Waals surface area contributed by atoms with E-state index in [2.05, 4.69) is 44.4 Å². The fourth-order valence-electron chi connectivity index (χ4n) is 7.08. The number of carbonyl (C=O) groups excluding carboxylic acids is 1. The van der Waals surface area contributed by atoms with E-state index in [0.717, 1.165) is 30.3 Å². The molecule has 1 N–H and O–H groups in total. The van der Waals surface area contributed by atoms with E-state index in [9.17, 15) is 9.90 Å². The van der Waals surface area contributed by atoms with Crippen LogP contribution in [-0.2, 0) is 21.6 Å². The molecule has 194 valence electrons. The molecule has 2 aliphatic rings. The first-order valence-electron chi connectivity index (χ1n) is 13.8. The molecule has 3 aromatic carbocycles. The van der Waals surface area contributed by atoms with Crippen molar-refractivity contribution in [1.29, 1.82) is 0 Å². The predicted molar refractivity (Wildman–Crippen MR) is 147 cm³/mol. The number of benzene rings is 3. The lowest BCUT2D eigenvalue weighted by atomic mass is 9.86. The van der Waals surface area contributed by atoms with E-state index in [4.69, 9.17) is 4.74 Å². The average Bonchev–Trinajstić information content (AvgIpc) is 3.51. The Morgan fingerprint density at radius 3 is 2.03 bits per heavy atom. The van der Waals surface area contributed by atoms with Crippen molar-refractivity contribution in [3.8, 4) is 0 Å². The number of hydrogen-bond acceptors (Lipinski definition) is 3. The average molecular weight is 499 g/mol. The third-order valence-corrected chi connectivity index (χ3v) is 8.84. The number of quaternary nitrogens is 1. The second-order valence-electron chi connectivity index (χ2n) is 11.6. The second-order valence-corrected chi connectivity index (χ2v) is 11.6. The van der Waals surface area contributed by atoms with Crippen LogP contribution in [0, 0.1) is 11.8 Å². The number of rotatable bonds is 10. The Morgan fingerprint density at radius 2 is 1.43 bits per heavy atom. The summed E-state index contributed by atoms with van der Waals surface area (Å²) in [6.07, 6.45) is 6.54. The maximum atomic E-state index is 13.7. The molecule has 0 amide bonds. The largest absolute Gasteiger partial charge is 0.459 e. The van der Waals surface area contributed by atoms with Crippen molar-refractivity contribution < 1.29 is 19.1 Å². The lowest BCUT2D eigenvalue weighted by Gasteiger charge is -2.39. The molecule has 4 atom stereocenters. The molecule has 2 unspecified atom stereocenters. The number of fused-ring (bicyclic) bond motifs is 2. The van der Waals surface area contributed by atoms with Gasteiger partial charge in [-0.05, 0) is 55.2 Å². The number of hydrogen-bond donors (Lipinski definition) is 1. The van der Waals surface area contributed by atoms with E-state index in [1.165, 1.54) is 24.8 Å². The van der Waals surface area contributed by atoms with Crippen LogP contribution in [0.1, 0.15) is 48.8 Å². The number of aryl methyl sites for hydroxylation is 1. The molecule has 37 heavy (non-hydrogen) atoms. The molecule has 4 nitrogen and oxygen atoms in total. The number of aliphatic hydroxyl groups is 1. The van der Waals surface area contributed by atoms with Crippen LogP contribution in [0.3, 0.4) is 0 Å². The zero-order valence-electron chi connectivity index (χ0n) is 22.1. The number of esters is 1. The number of carbonyl (C=O) groups is 1. The Kier molecular flexibility index (Phi) is 7.50. The second kappa shape index (κ2) is 10.8. The zero-order chi connectivity index (χ0) is 25.9. The van der Waals surface area contributed by atoms with Gasteiger partial charge < -0.3 is 14.3 Å². The van der Waals surface area contributed by atoms with Crippen molar-refractivity contribution in [3.63, 3.8) is 0 Å². The highest BCUT2D eigenvalue weighted by molar-refractivity contribution is 5.85. The van der Waals surface area contributed by atoms with Crippen LogP contribution in [0.4, 0.5) is 0 Å². The highest BCUT2D eigenvalue weighted by atomic mass is 16.6. The molecular weight excluding hydrogens is 458 g/mol. The van der Waals surface area contributed by atoms with Crippen molar-refractivity contribution in [3.05, 3.63) is 108 Å². The highest BCUT2D eigenvalue weighted by Gasteiger charge is 2.57. The standard InChI is InChI=1S/C33H40NO3/c1-34(2,23-13-12-16-25-14-6-3-7-15-25)31-26-21-22-29(31)30(24-26)37-32(35)33(36,27-17-8-4-9-18-27)28-19-10-5-11-20-28/h3-11,14-15,17-20,26,29-31,36H,12-13,16,21-24H2,1-2H3/q+1/t26?,29-,30+,31?/m0/s1. The first-order chi connectivity index (χ1) is 17.9. The fourth-order valence-corrected chi connectivity index (χ4v) is 7.08. The van der Waals surface area contributed by atoms with E-state index < -0.39 is 11.6 Å². The van der Waals surface area contributed by atoms with E-state index in [1.54, 1.807) is 24.3 Å². The van der Waals surface area contributed by atoms with Gasteiger partial charge in [0.15, 0.2) is 0 Å². The molecule has 0 aromatic heterocycles. The maximum Gasteiger partial charge on any atom is 0.347 e. The Labute approximate surface area is 221 Å². The van der Waals surface area contributed by atoms with Crippen molar-refractivity contribution in [2.45, 2.75) is 56.3 Å². The number of ether oxygens (including phenoxy) is 1. The molecule has 0 saturated heterocycles. The van der Waals surface area contributed by atoms with Gasteiger partial charge in [-0.25, -0.2) is 4.79 Å². The van der Waals surface area contributed by atoms with Gasteiger partial charge >= 0.3 is 5.97 Å². The van der Waals surface area contributed by atoms with Gasteiger partial charge in [-0.3, -0.25) is 0 Å². The molecule has 0 spiro atoms. The maximum absolute atomic E-state index is 13.7. The van der Waals surface area contributed by atoms with Crippen LogP contribution < -0.4 is 0 Å². The first kappa shape index (κ1) is 25.7. The Hall–Kier alpha value is -2.95. The van der Waals surface area contributed by atoms with Gasteiger partial charge in [-0.15, -0.1) is 0 Å². The van der Waals surface area contributed by atoms with Gasteiger partial charge in [0.05, 0.1) is 26.7 Å². The number of unbranched alkanes of at least 4 members (excludes halogenated alkanes) is 1. The van der Waals surface area contributed by atoms with E-state index in [0.29, 0.717) is 29.0 Å². The molecule has 0 heterocycles. The molecule has 2 fully saturated rings. The van der Waals surface area contributed by atoms with Crippen LogP contribution in [0.5, 0.6) is 0 Å². The van der Waals surface area contributed by atoms with Crippen LogP contribution >= 0.6 is 0 Å². The molecule has 3 aromatic rings. The summed E-state index contributed by atoms with van der Waals surface area (Å²) < 4.78 is 7.20. The fraction of sp³-hybridized carbons (Fsp3) is 0.424. The first-order valence-corrected chi connectivity index (χ1v) is 13.8. The third kappa shape index (κ3) is 5.23. The van der Waals surface area contributed by atoms with Crippen LogP contribution in [-0.4, -0.2) is 48.3 Å². The molecule has 2 bridgehead atoms. The van der Waals surface area contributed by atoms with Gasteiger partial charge in [-0.1, -0.05) is 91.0 Å². The van der Waals surface area contributed by atoms with Crippen molar-refractivity contribution >= 4 is 5.97 Å². The Balaban J connectivity index is 1.26. The quantitative estimate of drug-likeness (QED) is 0.221. The summed E-state index contributed by atoms with van der Waals surface area (Å²) >= 11 is 0. The van der Waals surface area contributed by atoms with Gasteiger partial charge in [0.25, 0.3) is 0 Å². The molecule has 0 radical (unpaired) electrons. The minimum Gasteiger partial charge on any atom is -0.459 e. The van der Waals surface area contributed by atoms with E-state index >= 15 is 0 Å². The minimum atomic E-state index is -1.82. The Bertz CT molecular complexity index is 1120. The number of nitrogens with zero attached hydrogens (tertiary/aromatic N) is 1. The molecular formula is C33H40NO3+. The molecule has 0 aliphatic heterocycles. The van der Waals surface area contributed by atoms with Crippen molar-refractivity contribution in [1.82, 2.24) is 0 Å². The molecule has 2 saturated carbocycles. The van der Waals surface area contributed by atoms with Crippen molar-refractivity contribution in [2.75, 3.05) is 20.6 Å². The molecule has 2 aliphatic carbocycles. The summed E-state index contributed by atoms with van der Waals surface area (Å²) in [7, 11) is 4.71. The summed E-state index contributed by atoms with van der Waals surface area (Å²) in [6.45, 7) is 1.13. The van der Waals surface area contributed by atoms with E-state index in [1.807, 2.05) is 36.4 Å². The lowest BCUT2D eigenvalue weighted by molar-refractivity contribution is -0.919. The molecule has 4 heteroatoms. The summed E-state index contributed by atoms with van der Waals surface area (Å²) in [5, 5.41) is 11.8. The van der Waals surface area contributed by atoms with Crippen molar-refractivity contribution in [2.24, 2.45) is 11.8 Å². The van der Waals surface area contributed by atoms with Gasteiger partial charge in [0.1, 0.15) is 6.10 Å². The minimum absolute atomic E-state index is 0.142. The summed E-state index contributed by atoms with van der Waals surface area (Å²) in [5.74, 6) is 0.344. The SMILES string of the molecule is C[N+](C)(CCCCc1ccccc1)C1C2CC[C@H]1[C@H](OC(=O)C(O)(c1ccccc1)c1ccccc1)C2. The lowest BCUT2D eigenvalue weighted by Crippen LogP contribution is -2.52. The topological polar surface area (TPSA) is 46.5 Å².